The minimum Gasteiger partial charge on any atom is -0.342 e. The fourth-order valence-corrected chi connectivity index (χ4v) is 2.82. The van der Waals surface area contributed by atoms with E-state index in [4.69, 9.17) is 0 Å². The van der Waals surface area contributed by atoms with Gasteiger partial charge in [0.1, 0.15) is 24.2 Å². The molecule has 0 saturated heterocycles. The second kappa shape index (κ2) is 6.43. The number of aromatic nitrogens is 5. The predicted octanol–water partition coefficient (Wildman–Crippen LogP) is 2.25. The molecule has 1 atom stereocenters. The SMILES string of the molecule is Cc1ccnc([C@H](NC(=O)c2cccc(-n3cnnc3)n2)C2CC2)c1. The van der Waals surface area contributed by atoms with Crippen LogP contribution in [0.2, 0.25) is 0 Å². The molecule has 4 rings (SSSR count). The summed E-state index contributed by atoms with van der Waals surface area (Å²) in [6.07, 6.45) is 7.10. The van der Waals surface area contributed by atoms with Gasteiger partial charge in [-0.15, -0.1) is 10.2 Å². The highest BCUT2D eigenvalue weighted by molar-refractivity contribution is 5.92. The summed E-state index contributed by atoms with van der Waals surface area (Å²) in [6.45, 7) is 2.03. The summed E-state index contributed by atoms with van der Waals surface area (Å²) in [6, 6.07) is 9.22. The van der Waals surface area contributed by atoms with Gasteiger partial charge in [-0.25, -0.2) is 4.98 Å². The molecule has 7 nitrogen and oxygen atoms in total. The van der Waals surface area contributed by atoms with E-state index in [2.05, 4.69) is 25.5 Å². The van der Waals surface area contributed by atoms with Crippen LogP contribution in [-0.2, 0) is 0 Å². The van der Waals surface area contributed by atoms with Gasteiger partial charge < -0.3 is 5.32 Å². The minimum absolute atomic E-state index is 0.0761. The van der Waals surface area contributed by atoms with E-state index in [0.717, 1.165) is 24.1 Å². The van der Waals surface area contributed by atoms with Gasteiger partial charge in [-0.3, -0.25) is 14.3 Å². The Hall–Kier alpha value is -3.09. The lowest BCUT2D eigenvalue weighted by Crippen LogP contribution is -2.31. The number of pyridine rings is 2. The normalized spacial score (nSPS) is 14.9. The lowest BCUT2D eigenvalue weighted by Gasteiger charge is -2.18. The number of rotatable bonds is 5. The van der Waals surface area contributed by atoms with Gasteiger partial charge in [-0.05, 0) is 55.5 Å². The average Bonchev–Trinajstić information content (AvgIpc) is 3.32. The number of aryl methyl sites for hydroxylation is 1. The van der Waals surface area contributed by atoms with Crippen LogP contribution in [0.5, 0.6) is 0 Å². The number of carbonyl (C=O) groups is 1. The van der Waals surface area contributed by atoms with Crippen molar-refractivity contribution in [2.45, 2.75) is 25.8 Å². The molecule has 0 spiro atoms. The van der Waals surface area contributed by atoms with Gasteiger partial charge in [0.05, 0.1) is 11.7 Å². The monoisotopic (exact) mass is 334 g/mol. The molecule has 1 fully saturated rings. The van der Waals surface area contributed by atoms with Crippen molar-refractivity contribution in [3.05, 3.63) is 66.1 Å². The molecule has 0 bridgehead atoms. The van der Waals surface area contributed by atoms with Crippen LogP contribution in [0, 0.1) is 12.8 Å². The second-order valence-corrected chi connectivity index (χ2v) is 6.30. The van der Waals surface area contributed by atoms with Crippen LogP contribution >= 0.6 is 0 Å². The number of nitrogens with zero attached hydrogens (tertiary/aromatic N) is 5. The maximum atomic E-state index is 12.7. The number of nitrogens with one attached hydrogen (secondary N) is 1. The number of hydrogen-bond acceptors (Lipinski definition) is 5. The molecule has 25 heavy (non-hydrogen) atoms. The number of hydrogen-bond donors (Lipinski definition) is 1. The maximum Gasteiger partial charge on any atom is 0.270 e. The summed E-state index contributed by atoms with van der Waals surface area (Å²) in [5.74, 6) is 0.851. The molecular weight excluding hydrogens is 316 g/mol. The summed E-state index contributed by atoms with van der Waals surface area (Å²) >= 11 is 0. The van der Waals surface area contributed by atoms with E-state index in [1.54, 1.807) is 41.6 Å². The molecule has 0 aromatic carbocycles. The van der Waals surface area contributed by atoms with Crippen LogP contribution in [0.3, 0.4) is 0 Å². The highest BCUT2D eigenvalue weighted by Gasteiger charge is 2.34. The highest BCUT2D eigenvalue weighted by atomic mass is 16.2. The molecular formula is C18H18N6O. The maximum absolute atomic E-state index is 12.7. The second-order valence-electron chi connectivity index (χ2n) is 6.30. The first-order chi connectivity index (χ1) is 12.2. The summed E-state index contributed by atoms with van der Waals surface area (Å²) in [7, 11) is 0. The Balaban J connectivity index is 1.57. The average molecular weight is 334 g/mol. The van der Waals surface area contributed by atoms with Gasteiger partial charge in [0.15, 0.2) is 0 Å². The van der Waals surface area contributed by atoms with E-state index < -0.39 is 0 Å². The summed E-state index contributed by atoms with van der Waals surface area (Å²) in [5, 5.41) is 10.6. The van der Waals surface area contributed by atoms with Crippen LogP contribution < -0.4 is 5.32 Å². The van der Waals surface area contributed by atoms with Gasteiger partial charge in [0, 0.05) is 6.20 Å². The molecule has 3 aromatic rings. The van der Waals surface area contributed by atoms with E-state index in [9.17, 15) is 4.79 Å². The highest BCUT2D eigenvalue weighted by Crippen LogP contribution is 2.40. The van der Waals surface area contributed by atoms with Crippen molar-refractivity contribution < 1.29 is 4.79 Å². The molecule has 7 heteroatoms. The first-order valence-corrected chi connectivity index (χ1v) is 8.26. The van der Waals surface area contributed by atoms with Gasteiger partial charge in [-0.1, -0.05) is 6.07 Å². The molecule has 0 unspecified atom stereocenters. The standard InChI is InChI=1S/C18H18N6O/c1-12-7-8-19-15(9-12)17(13-5-6-13)23-18(25)14-3-2-4-16(22-14)24-10-20-21-11-24/h2-4,7-11,13,17H,5-6H2,1H3,(H,23,25)/t17-/m1/s1. The van der Waals surface area contributed by atoms with Crippen LogP contribution in [0.15, 0.2) is 49.2 Å². The van der Waals surface area contributed by atoms with E-state index in [1.165, 1.54) is 0 Å². The van der Waals surface area contributed by atoms with Crippen LogP contribution in [0.25, 0.3) is 5.82 Å². The van der Waals surface area contributed by atoms with Crippen molar-refractivity contribution in [2.24, 2.45) is 5.92 Å². The van der Waals surface area contributed by atoms with Gasteiger partial charge in [0.25, 0.3) is 5.91 Å². The molecule has 1 aliphatic rings. The van der Waals surface area contributed by atoms with Crippen LogP contribution in [0.4, 0.5) is 0 Å². The van der Waals surface area contributed by atoms with E-state index in [0.29, 0.717) is 17.4 Å². The summed E-state index contributed by atoms with van der Waals surface area (Å²) in [4.78, 5) is 21.6. The fourth-order valence-electron chi connectivity index (χ4n) is 2.82. The minimum atomic E-state index is -0.199. The third kappa shape index (κ3) is 3.40. The van der Waals surface area contributed by atoms with Crippen molar-refractivity contribution >= 4 is 5.91 Å². The fraction of sp³-hybridized carbons (Fsp3) is 0.278. The Morgan fingerprint density at radius 3 is 2.76 bits per heavy atom. The lowest BCUT2D eigenvalue weighted by molar-refractivity contribution is 0.0925. The van der Waals surface area contributed by atoms with Crippen molar-refractivity contribution in [3.8, 4) is 5.82 Å². The zero-order valence-electron chi connectivity index (χ0n) is 13.8. The molecule has 3 heterocycles. The molecule has 1 N–H and O–H groups in total. The van der Waals surface area contributed by atoms with Gasteiger partial charge in [-0.2, -0.15) is 0 Å². The van der Waals surface area contributed by atoms with E-state index >= 15 is 0 Å². The molecule has 3 aromatic heterocycles. The van der Waals surface area contributed by atoms with Crippen LogP contribution in [-0.4, -0.2) is 30.6 Å². The summed E-state index contributed by atoms with van der Waals surface area (Å²) < 4.78 is 1.66. The molecule has 0 radical (unpaired) electrons. The van der Waals surface area contributed by atoms with Crippen molar-refractivity contribution in [3.63, 3.8) is 0 Å². The van der Waals surface area contributed by atoms with Crippen molar-refractivity contribution in [1.29, 1.82) is 0 Å². The smallest absolute Gasteiger partial charge is 0.270 e. The molecule has 0 aliphatic heterocycles. The summed E-state index contributed by atoms with van der Waals surface area (Å²) in [5.41, 5.74) is 2.41. The topological polar surface area (TPSA) is 85.6 Å². The Morgan fingerprint density at radius 2 is 2.04 bits per heavy atom. The van der Waals surface area contributed by atoms with Crippen molar-refractivity contribution in [2.75, 3.05) is 0 Å². The number of carbonyl (C=O) groups excluding carboxylic acids is 1. The largest absolute Gasteiger partial charge is 0.342 e. The number of amides is 1. The zero-order valence-corrected chi connectivity index (χ0v) is 13.8. The third-order valence-corrected chi connectivity index (χ3v) is 4.29. The Labute approximate surface area is 145 Å². The predicted molar refractivity (Wildman–Crippen MR) is 91.1 cm³/mol. The third-order valence-electron chi connectivity index (χ3n) is 4.29. The molecule has 1 saturated carbocycles. The van der Waals surface area contributed by atoms with Crippen LogP contribution in [0.1, 0.15) is 40.6 Å². The zero-order chi connectivity index (χ0) is 17.2. The van der Waals surface area contributed by atoms with Gasteiger partial charge in [0.2, 0.25) is 0 Å². The first-order valence-electron chi connectivity index (χ1n) is 8.26. The lowest BCUT2D eigenvalue weighted by atomic mass is 10.1. The first kappa shape index (κ1) is 15.4. The van der Waals surface area contributed by atoms with Crippen molar-refractivity contribution in [1.82, 2.24) is 30.0 Å². The molecule has 1 amide bonds. The van der Waals surface area contributed by atoms with Gasteiger partial charge >= 0.3 is 0 Å². The van der Waals surface area contributed by atoms with E-state index in [-0.39, 0.29) is 11.9 Å². The Morgan fingerprint density at radius 1 is 1.24 bits per heavy atom. The molecule has 126 valence electrons. The Bertz CT molecular complexity index is 888. The Kier molecular flexibility index (Phi) is 3.97. The quantitative estimate of drug-likeness (QED) is 0.773. The van der Waals surface area contributed by atoms with E-state index in [1.807, 2.05) is 19.1 Å². The molecule has 1 aliphatic carbocycles.